The van der Waals surface area contributed by atoms with Gasteiger partial charge >= 0.3 is 0 Å². The Hall–Kier alpha value is -1.43. The fraction of sp³-hybridized carbons (Fsp3) is 0.700. The van der Waals surface area contributed by atoms with Gasteiger partial charge in [-0.25, -0.2) is 0 Å². The SMILES string of the molecule is O=C(c1cn[nH]n1)N1CCCCC1CCO. The third kappa shape index (κ3) is 2.21. The first-order valence-corrected chi connectivity index (χ1v) is 5.60. The molecule has 1 aliphatic rings. The molecule has 1 saturated heterocycles. The van der Waals surface area contributed by atoms with Crippen molar-refractivity contribution in [1.82, 2.24) is 20.3 Å². The van der Waals surface area contributed by atoms with Crippen molar-refractivity contribution in [3.8, 4) is 0 Å². The van der Waals surface area contributed by atoms with Gasteiger partial charge in [0, 0.05) is 19.2 Å². The van der Waals surface area contributed by atoms with Gasteiger partial charge in [-0.05, 0) is 25.7 Å². The van der Waals surface area contributed by atoms with Crippen LogP contribution in [0.2, 0.25) is 0 Å². The highest BCUT2D eigenvalue weighted by molar-refractivity contribution is 5.92. The average Bonchev–Trinajstić information content (AvgIpc) is 2.83. The van der Waals surface area contributed by atoms with Crippen molar-refractivity contribution in [3.05, 3.63) is 11.9 Å². The molecule has 2 heterocycles. The lowest BCUT2D eigenvalue weighted by molar-refractivity contribution is 0.0568. The largest absolute Gasteiger partial charge is 0.396 e. The molecule has 1 fully saturated rings. The molecule has 6 nitrogen and oxygen atoms in total. The maximum atomic E-state index is 12.1. The Morgan fingerprint density at radius 3 is 3.19 bits per heavy atom. The Morgan fingerprint density at radius 2 is 2.50 bits per heavy atom. The van der Waals surface area contributed by atoms with Gasteiger partial charge in [-0.2, -0.15) is 15.4 Å². The number of piperidine rings is 1. The first-order valence-electron chi connectivity index (χ1n) is 5.60. The zero-order chi connectivity index (χ0) is 11.4. The minimum absolute atomic E-state index is 0.0908. The van der Waals surface area contributed by atoms with E-state index in [1.165, 1.54) is 6.20 Å². The number of hydrogen-bond acceptors (Lipinski definition) is 4. The minimum Gasteiger partial charge on any atom is -0.396 e. The predicted molar refractivity (Wildman–Crippen MR) is 56.8 cm³/mol. The highest BCUT2D eigenvalue weighted by Gasteiger charge is 2.28. The van der Waals surface area contributed by atoms with Gasteiger partial charge < -0.3 is 10.0 Å². The summed E-state index contributed by atoms with van der Waals surface area (Å²) >= 11 is 0. The number of likely N-dealkylation sites (tertiary alicyclic amines) is 1. The second kappa shape index (κ2) is 5.07. The molecule has 0 aromatic carbocycles. The molecule has 1 aromatic heterocycles. The average molecular weight is 224 g/mol. The molecular weight excluding hydrogens is 208 g/mol. The van der Waals surface area contributed by atoms with Crippen LogP contribution in [-0.2, 0) is 0 Å². The number of H-pyrrole nitrogens is 1. The highest BCUT2D eigenvalue weighted by atomic mass is 16.3. The molecule has 88 valence electrons. The molecule has 16 heavy (non-hydrogen) atoms. The monoisotopic (exact) mass is 224 g/mol. The normalized spacial score (nSPS) is 21.1. The van der Waals surface area contributed by atoms with Gasteiger partial charge in [0.05, 0.1) is 6.20 Å². The van der Waals surface area contributed by atoms with Crippen LogP contribution in [0.5, 0.6) is 0 Å². The number of rotatable bonds is 3. The van der Waals surface area contributed by atoms with Crippen molar-refractivity contribution in [2.75, 3.05) is 13.2 Å². The Kier molecular flexibility index (Phi) is 3.51. The summed E-state index contributed by atoms with van der Waals surface area (Å²) in [6.45, 7) is 0.865. The van der Waals surface area contributed by atoms with Crippen molar-refractivity contribution in [2.45, 2.75) is 31.7 Å². The number of carbonyl (C=O) groups is 1. The van der Waals surface area contributed by atoms with Gasteiger partial charge in [-0.1, -0.05) is 0 Å². The van der Waals surface area contributed by atoms with Crippen LogP contribution in [0.25, 0.3) is 0 Å². The van der Waals surface area contributed by atoms with Gasteiger partial charge in [-0.3, -0.25) is 4.79 Å². The Morgan fingerprint density at radius 1 is 1.62 bits per heavy atom. The first-order chi connectivity index (χ1) is 7.83. The number of aliphatic hydroxyl groups excluding tert-OH is 1. The molecule has 0 radical (unpaired) electrons. The quantitative estimate of drug-likeness (QED) is 0.767. The maximum Gasteiger partial charge on any atom is 0.276 e. The van der Waals surface area contributed by atoms with Gasteiger partial charge in [0.25, 0.3) is 5.91 Å². The summed E-state index contributed by atoms with van der Waals surface area (Å²) in [5, 5.41) is 18.8. The molecule has 2 N–H and O–H groups in total. The van der Waals surface area contributed by atoms with E-state index in [4.69, 9.17) is 5.11 Å². The number of aliphatic hydroxyl groups is 1. The number of aromatic amines is 1. The summed E-state index contributed by atoms with van der Waals surface area (Å²) in [6.07, 6.45) is 5.18. The van der Waals surface area contributed by atoms with Gasteiger partial charge in [0.15, 0.2) is 5.69 Å². The molecule has 2 rings (SSSR count). The zero-order valence-corrected chi connectivity index (χ0v) is 9.09. The third-order valence-electron chi connectivity index (χ3n) is 2.98. The zero-order valence-electron chi connectivity index (χ0n) is 9.09. The van der Waals surface area contributed by atoms with Crippen LogP contribution in [0, 0.1) is 0 Å². The Balaban J connectivity index is 2.08. The van der Waals surface area contributed by atoms with Crippen LogP contribution in [-0.4, -0.2) is 50.5 Å². The molecule has 1 aromatic rings. The molecule has 0 spiro atoms. The van der Waals surface area contributed by atoms with E-state index >= 15 is 0 Å². The molecule has 0 aliphatic carbocycles. The highest BCUT2D eigenvalue weighted by Crippen LogP contribution is 2.20. The smallest absolute Gasteiger partial charge is 0.276 e. The van der Waals surface area contributed by atoms with Crippen LogP contribution in [0.4, 0.5) is 0 Å². The molecule has 1 unspecified atom stereocenters. The fourth-order valence-corrected chi connectivity index (χ4v) is 2.17. The lowest BCUT2D eigenvalue weighted by atomic mass is 9.99. The van der Waals surface area contributed by atoms with Gasteiger partial charge in [0.2, 0.25) is 0 Å². The van der Waals surface area contributed by atoms with Crippen LogP contribution in [0.1, 0.15) is 36.2 Å². The number of hydrogen-bond donors (Lipinski definition) is 2. The third-order valence-corrected chi connectivity index (χ3v) is 2.98. The topological polar surface area (TPSA) is 82.1 Å². The van der Waals surface area contributed by atoms with E-state index in [1.807, 2.05) is 0 Å². The van der Waals surface area contributed by atoms with Gasteiger partial charge in [-0.15, -0.1) is 0 Å². The number of nitrogens with one attached hydrogen (secondary N) is 1. The predicted octanol–water partition coefficient (Wildman–Crippen LogP) is 0.182. The van der Waals surface area contributed by atoms with E-state index in [2.05, 4.69) is 15.4 Å². The molecular formula is C10H16N4O2. The van der Waals surface area contributed by atoms with Crippen molar-refractivity contribution in [3.63, 3.8) is 0 Å². The summed E-state index contributed by atoms with van der Waals surface area (Å²) in [5.41, 5.74) is 0.352. The van der Waals surface area contributed by atoms with Crippen molar-refractivity contribution >= 4 is 5.91 Å². The Labute approximate surface area is 93.6 Å². The number of amides is 1. The maximum absolute atomic E-state index is 12.1. The van der Waals surface area contributed by atoms with Gasteiger partial charge in [0.1, 0.15) is 0 Å². The summed E-state index contributed by atoms with van der Waals surface area (Å²) in [5.74, 6) is -0.0908. The first kappa shape index (κ1) is 11.1. The number of nitrogens with zero attached hydrogens (tertiary/aromatic N) is 3. The van der Waals surface area contributed by atoms with Crippen molar-refractivity contribution < 1.29 is 9.90 Å². The molecule has 1 atom stereocenters. The number of carbonyl (C=O) groups excluding carboxylic acids is 1. The molecule has 0 bridgehead atoms. The van der Waals surface area contributed by atoms with Crippen molar-refractivity contribution in [2.24, 2.45) is 0 Å². The lowest BCUT2D eigenvalue weighted by Gasteiger charge is -2.35. The van der Waals surface area contributed by atoms with E-state index in [9.17, 15) is 4.79 Å². The summed E-state index contributed by atoms with van der Waals surface area (Å²) in [6, 6.07) is 0.142. The van der Waals surface area contributed by atoms with Crippen LogP contribution < -0.4 is 0 Å². The second-order valence-electron chi connectivity index (χ2n) is 4.02. The van der Waals surface area contributed by atoms with Crippen LogP contribution >= 0.6 is 0 Å². The van der Waals surface area contributed by atoms with Crippen LogP contribution in [0.3, 0.4) is 0 Å². The summed E-state index contributed by atoms with van der Waals surface area (Å²) < 4.78 is 0. The van der Waals surface area contributed by atoms with E-state index < -0.39 is 0 Å². The Bertz CT molecular complexity index is 337. The lowest BCUT2D eigenvalue weighted by Crippen LogP contribution is -2.44. The standard InChI is InChI=1S/C10H16N4O2/c15-6-4-8-3-1-2-5-14(8)10(16)9-7-11-13-12-9/h7-8,15H,1-6H2,(H,11,12,13). The van der Waals surface area contributed by atoms with E-state index in [0.29, 0.717) is 12.1 Å². The number of aromatic nitrogens is 3. The molecule has 0 saturated carbocycles. The van der Waals surface area contributed by atoms with E-state index in [-0.39, 0.29) is 18.6 Å². The second-order valence-corrected chi connectivity index (χ2v) is 4.02. The van der Waals surface area contributed by atoms with Crippen molar-refractivity contribution in [1.29, 1.82) is 0 Å². The molecule has 1 aliphatic heterocycles. The van der Waals surface area contributed by atoms with Crippen LogP contribution in [0.15, 0.2) is 6.20 Å². The van der Waals surface area contributed by atoms with E-state index in [0.717, 1.165) is 25.8 Å². The minimum atomic E-state index is -0.0908. The molecule has 1 amide bonds. The summed E-state index contributed by atoms with van der Waals surface area (Å²) in [4.78, 5) is 13.9. The summed E-state index contributed by atoms with van der Waals surface area (Å²) in [7, 11) is 0. The van der Waals surface area contributed by atoms with E-state index in [1.54, 1.807) is 4.90 Å². The fourth-order valence-electron chi connectivity index (χ4n) is 2.17. The molecule has 6 heteroatoms.